The maximum Gasteiger partial charge on any atom is 0.222 e. The SMILES string of the molecule is CC(C)n1nnc2ccc3cnc(Cl)nc3c21. The van der Waals surface area contributed by atoms with E-state index in [2.05, 4.69) is 34.1 Å². The molecule has 0 N–H and O–H groups in total. The summed E-state index contributed by atoms with van der Waals surface area (Å²) in [4.78, 5) is 8.25. The summed E-state index contributed by atoms with van der Waals surface area (Å²) in [5.74, 6) is 0. The number of nitrogens with zero attached hydrogens (tertiary/aromatic N) is 5. The van der Waals surface area contributed by atoms with Crippen LogP contribution in [0.15, 0.2) is 18.3 Å². The van der Waals surface area contributed by atoms with Crippen LogP contribution in [0.2, 0.25) is 5.28 Å². The first-order valence-corrected chi connectivity index (χ1v) is 5.71. The molecule has 3 aromatic rings. The summed E-state index contributed by atoms with van der Waals surface area (Å²) < 4.78 is 1.85. The van der Waals surface area contributed by atoms with Crippen molar-refractivity contribution in [2.24, 2.45) is 0 Å². The van der Waals surface area contributed by atoms with Crippen LogP contribution in [0.3, 0.4) is 0 Å². The molecule has 0 fully saturated rings. The minimum atomic E-state index is 0.222. The molecule has 0 aliphatic rings. The molecule has 0 unspecified atom stereocenters. The van der Waals surface area contributed by atoms with Gasteiger partial charge in [0, 0.05) is 17.6 Å². The Morgan fingerprint density at radius 1 is 1.29 bits per heavy atom. The van der Waals surface area contributed by atoms with Crippen LogP contribution >= 0.6 is 11.6 Å². The summed E-state index contributed by atoms with van der Waals surface area (Å²) in [6, 6.07) is 4.06. The second kappa shape index (κ2) is 3.63. The zero-order valence-corrected chi connectivity index (χ0v) is 10.2. The van der Waals surface area contributed by atoms with E-state index in [0.717, 1.165) is 21.9 Å². The van der Waals surface area contributed by atoms with Gasteiger partial charge in [-0.05, 0) is 37.6 Å². The molecule has 86 valence electrons. The first-order chi connectivity index (χ1) is 8.16. The van der Waals surface area contributed by atoms with Crippen molar-refractivity contribution in [3.05, 3.63) is 23.6 Å². The molecule has 0 aliphatic carbocycles. The number of fused-ring (bicyclic) bond motifs is 3. The molecule has 2 heterocycles. The van der Waals surface area contributed by atoms with Gasteiger partial charge in [-0.3, -0.25) is 0 Å². The van der Waals surface area contributed by atoms with E-state index in [1.54, 1.807) is 6.20 Å². The number of benzene rings is 1. The van der Waals surface area contributed by atoms with Crippen LogP contribution in [0.4, 0.5) is 0 Å². The quantitative estimate of drug-likeness (QED) is 0.620. The Labute approximate surface area is 102 Å². The van der Waals surface area contributed by atoms with E-state index >= 15 is 0 Å². The van der Waals surface area contributed by atoms with Gasteiger partial charge in [0.25, 0.3) is 0 Å². The Balaban J connectivity index is 2.51. The highest BCUT2D eigenvalue weighted by molar-refractivity contribution is 6.28. The van der Waals surface area contributed by atoms with Gasteiger partial charge in [0.1, 0.15) is 16.6 Å². The molecule has 0 atom stereocenters. The van der Waals surface area contributed by atoms with Crippen LogP contribution < -0.4 is 0 Å². The largest absolute Gasteiger partial charge is 0.240 e. The second-order valence-corrected chi connectivity index (χ2v) is 4.48. The van der Waals surface area contributed by atoms with E-state index in [4.69, 9.17) is 11.6 Å². The van der Waals surface area contributed by atoms with E-state index in [0.29, 0.717) is 0 Å². The molecule has 0 spiro atoms. The van der Waals surface area contributed by atoms with Crippen molar-refractivity contribution in [3.63, 3.8) is 0 Å². The Hall–Kier alpha value is -1.75. The summed E-state index contributed by atoms with van der Waals surface area (Å²) in [6.07, 6.45) is 1.71. The molecule has 6 heteroatoms. The number of rotatable bonds is 1. The van der Waals surface area contributed by atoms with E-state index in [1.807, 2.05) is 16.8 Å². The van der Waals surface area contributed by atoms with Crippen LogP contribution in [0.5, 0.6) is 0 Å². The fourth-order valence-electron chi connectivity index (χ4n) is 1.86. The lowest BCUT2D eigenvalue weighted by Crippen LogP contribution is -2.03. The highest BCUT2D eigenvalue weighted by Gasteiger charge is 2.12. The summed E-state index contributed by atoms with van der Waals surface area (Å²) in [6.45, 7) is 4.10. The van der Waals surface area contributed by atoms with Gasteiger partial charge in [-0.1, -0.05) is 5.21 Å². The van der Waals surface area contributed by atoms with Crippen molar-refractivity contribution in [2.45, 2.75) is 19.9 Å². The fourth-order valence-corrected chi connectivity index (χ4v) is 1.99. The molecule has 0 bridgehead atoms. The Bertz CT molecular complexity index is 703. The number of hydrogen-bond acceptors (Lipinski definition) is 4. The van der Waals surface area contributed by atoms with Crippen molar-refractivity contribution >= 4 is 33.5 Å². The molecule has 3 rings (SSSR count). The lowest BCUT2D eigenvalue weighted by atomic mass is 10.2. The van der Waals surface area contributed by atoms with Gasteiger partial charge in [-0.25, -0.2) is 14.6 Å². The molecule has 0 aliphatic heterocycles. The topological polar surface area (TPSA) is 56.5 Å². The van der Waals surface area contributed by atoms with Crippen molar-refractivity contribution < 1.29 is 0 Å². The average Bonchev–Trinajstić information content (AvgIpc) is 2.73. The van der Waals surface area contributed by atoms with Crippen molar-refractivity contribution in [1.29, 1.82) is 0 Å². The Morgan fingerprint density at radius 3 is 2.88 bits per heavy atom. The molecule has 1 aromatic carbocycles. The molecule has 0 saturated heterocycles. The van der Waals surface area contributed by atoms with Gasteiger partial charge in [-0.2, -0.15) is 0 Å². The molecule has 17 heavy (non-hydrogen) atoms. The lowest BCUT2D eigenvalue weighted by molar-refractivity contribution is 0.531. The monoisotopic (exact) mass is 247 g/mol. The number of halogens is 1. The van der Waals surface area contributed by atoms with E-state index in [1.165, 1.54) is 0 Å². The van der Waals surface area contributed by atoms with Crippen molar-refractivity contribution in [2.75, 3.05) is 0 Å². The third-order valence-corrected chi connectivity index (χ3v) is 2.82. The second-order valence-electron chi connectivity index (χ2n) is 4.14. The number of aromatic nitrogens is 5. The van der Waals surface area contributed by atoms with Gasteiger partial charge in [0.05, 0.1) is 0 Å². The van der Waals surface area contributed by atoms with Crippen LogP contribution in [-0.4, -0.2) is 25.0 Å². The standard InChI is InChI=1S/C11H10ClN5/c1-6(2)17-10-8(15-16-17)4-3-7-5-13-11(12)14-9(7)10/h3-6H,1-2H3. The minimum absolute atomic E-state index is 0.222. The summed E-state index contributed by atoms with van der Waals surface area (Å²) in [5, 5.41) is 9.44. The molecule has 0 amide bonds. The van der Waals surface area contributed by atoms with Crippen LogP contribution in [0.1, 0.15) is 19.9 Å². The third kappa shape index (κ3) is 1.54. The molecular formula is C11H10ClN5. The third-order valence-electron chi connectivity index (χ3n) is 2.64. The van der Waals surface area contributed by atoms with Crippen LogP contribution in [0, 0.1) is 0 Å². The average molecular weight is 248 g/mol. The highest BCUT2D eigenvalue weighted by Crippen LogP contribution is 2.24. The van der Waals surface area contributed by atoms with Gasteiger partial charge < -0.3 is 0 Å². The van der Waals surface area contributed by atoms with Gasteiger partial charge in [0.2, 0.25) is 5.28 Å². The van der Waals surface area contributed by atoms with Crippen molar-refractivity contribution in [3.8, 4) is 0 Å². The molecule has 0 radical (unpaired) electrons. The maximum absolute atomic E-state index is 5.85. The lowest BCUT2D eigenvalue weighted by Gasteiger charge is -2.06. The molecule has 5 nitrogen and oxygen atoms in total. The predicted octanol–water partition coefficient (Wildman–Crippen LogP) is 2.61. The smallest absolute Gasteiger partial charge is 0.222 e. The van der Waals surface area contributed by atoms with Gasteiger partial charge in [-0.15, -0.1) is 5.10 Å². The summed E-state index contributed by atoms with van der Waals surface area (Å²) in [7, 11) is 0. The number of hydrogen-bond donors (Lipinski definition) is 0. The molecular weight excluding hydrogens is 238 g/mol. The predicted molar refractivity (Wildman–Crippen MR) is 66.0 cm³/mol. The zero-order valence-electron chi connectivity index (χ0n) is 9.42. The first kappa shape index (κ1) is 10.4. The fraction of sp³-hybridized carbons (Fsp3) is 0.273. The van der Waals surface area contributed by atoms with E-state index < -0.39 is 0 Å². The van der Waals surface area contributed by atoms with E-state index in [-0.39, 0.29) is 11.3 Å². The molecule has 2 aromatic heterocycles. The normalized spacial score (nSPS) is 11.8. The Kier molecular flexibility index (Phi) is 2.22. The molecule has 0 saturated carbocycles. The summed E-state index contributed by atoms with van der Waals surface area (Å²) in [5.41, 5.74) is 2.52. The van der Waals surface area contributed by atoms with Gasteiger partial charge >= 0.3 is 0 Å². The Morgan fingerprint density at radius 2 is 2.12 bits per heavy atom. The highest BCUT2D eigenvalue weighted by atomic mass is 35.5. The maximum atomic E-state index is 5.85. The van der Waals surface area contributed by atoms with Crippen LogP contribution in [-0.2, 0) is 0 Å². The van der Waals surface area contributed by atoms with Gasteiger partial charge in [0.15, 0.2) is 0 Å². The van der Waals surface area contributed by atoms with Crippen molar-refractivity contribution in [1.82, 2.24) is 25.0 Å². The van der Waals surface area contributed by atoms with E-state index in [9.17, 15) is 0 Å². The van der Waals surface area contributed by atoms with Crippen LogP contribution in [0.25, 0.3) is 21.9 Å². The zero-order chi connectivity index (χ0) is 12.0. The minimum Gasteiger partial charge on any atom is -0.240 e. The summed E-state index contributed by atoms with van der Waals surface area (Å²) >= 11 is 5.85. The first-order valence-electron chi connectivity index (χ1n) is 5.33.